The number of halogens is 1. The van der Waals surface area contributed by atoms with Gasteiger partial charge in [0, 0.05) is 17.6 Å². The number of hydrogen-bond donors (Lipinski definition) is 2. The first-order valence-electron chi connectivity index (χ1n) is 8.49. The van der Waals surface area contributed by atoms with Gasteiger partial charge in [-0.2, -0.15) is 0 Å². The van der Waals surface area contributed by atoms with E-state index in [1.165, 1.54) is 6.92 Å². The minimum atomic E-state index is -0.612. The van der Waals surface area contributed by atoms with Crippen molar-refractivity contribution in [3.8, 4) is 5.75 Å². The molecular formula is C20H21ClN2O5. The second-order valence-electron chi connectivity index (χ2n) is 5.95. The molecule has 7 nitrogen and oxygen atoms in total. The van der Waals surface area contributed by atoms with Crippen LogP contribution in [0, 0.1) is 0 Å². The van der Waals surface area contributed by atoms with Gasteiger partial charge in [-0.25, -0.2) is 0 Å². The second kappa shape index (κ2) is 10.3. The van der Waals surface area contributed by atoms with Crippen molar-refractivity contribution in [1.29, 1.82) is 0 Å². The summed E-state index contributed by atoms with van der Waals surface area (Å²) in [7, 11) is 1.55. The molecular weight excluding hydrogens is 384 g/mol. The number of ether oxygens (including phenoxy) is 2. The first kappa shape index (κ1) is 21.2. The summed E-state index contributed by atoms with van der Waals surface area (Å²) < 4.78 is 10.1. The van der Waals surface area contributed by atoms with Crippen molar-refractivity contribution in [1.82, 2.24) is 5.32 Å². The number of carbonyl (C=O) groups is 3. The van der Waals surface area contributed by atoms with Crippen LogP contribution in [0.5, 0.6) is 5.75 Å². The van der Waals surface area contributed by atoms with Crippen molar-refractivity contribution in [2.45, 2.75) is 19.4 Å². The lowest BCUT2D eigenvalue weighted by Gasteiger charge is -2.17. The minimum Gasteiger partial charge on any atom is -0.497 e. The molecule has 1 atom stereocenters. The number of amides is 2. The van der Waals surface area contributed by atoms with Crippen LogP contribution >= 0.6 is 11.6 Å². The van der Waals surface area contributed by atoms with E-state index in [2.05, 4.69) is 10.6 Å². The van der Waals surface area contributed by atoms with E-state index < -0.39 is 24.5 Å². The molecule has 1 unspecified atom stereocenters. The quantitative estimate of drug-likeness (QED) is 0.659. The van der Waals surface area contributed by atoms with E-state index in [4.69, 9.17) is 21.1 Å². The van der Waals surface area contributed by atoms with Crippen molar-refractivity contribution in [3.05, 3.63) is 59.1 Å². The van der Waals surface area contributed by atoms with Gasteiger partial charge in [0.1, 0.15) is 5.75 Å². The summed E-state index contributed by atoms with van der Waals surface area (Å²) in [6.45, 7) is 0.925. The summed E-state index contributed by atoms with van der Waals surface area (Å²) >= 11 is 5.87. The number of nitrogens with one attached hydrogen (secondary N) is 2. The average Bonchev–Trinajstić information content (AvgIpc) is 2.67. The van der Waals surface area contributed by atoms with Gasteiger partial charge in [0.05, 0.1) is 19.6 Å². The standard InChI is InChI=1S/C20H21ClN2O5/c1-13(24)22-18(14-3-5-15(21)6-4-14)11-20(26)28-12-19(25)23-16-7-9-17(27-2)10-8-16/h3-10,18H,11-12H2,1-2H3,(H,22,24)(H,23,25). The number of benzene rings is 2. The fourth-order valence-corrected chi connectivity index (χ4v) is 2.56. The predicted molar refractivity (Wildman–Crippen MR) is 105 cm³/mol. The van der Waals surface area contributed by atoms with Gasteiger partial charge < -0.3 is 20.1 Å². The third-order valence-corrected chi connectivity index (χ3v) is 4.01. The van der Waals surface area contributed by atoms with Crippen LogP contribution in [0.1, 0.15) is 24.9 Å². The van der Waals surface area contributed by atoms with Crippen molar-refractivity contribution in [3.63, 3.8) is 0 Å². The van der Waals surface area contributed by atoms with Crippen LogP contribution in [-0.2, 0) is 19.1 Å². The fraction of sp³-hybridized carbons (Fsp3) is 0.250. The molecule has 0 aliphatic carbocycles. The highest BCUT2D eigenvalue weighted by Gasteiger charge is 2.19. The van der Waals surface area contributed by atoms with Crippen LogP contribution < -0.4 is 15.4 Å². The number of anilines is 1. The molecule has 2 amide bonds. The van der Waals surface area contributed by atoms with Gasteiger partial charge in [0.25, 0.3) is 5.91 Å². The molecule has 28 heavy (non-hydrogen) atoms. The molecule has 0 spiro atoms. The van der Waals surface area contributed by atoms with Crippen LogP contribution in [0.25, 0.3) is 0 Å². The van der Waals surface area contributed by atoms with Gasteiger partial charge in [0.15, 0.2) is 6.61 Å². The topological polar surface area (TPSA) is 93.7 Å². The summed E-state index contributed by atoms with van der Waals surface area (Å²) in [6, 6.07) is 12.9. The molecule has 0 aliphatic rings. The molecule has 0 aromatic heterocycles. The number of esters is 1. The van der Waals surface area contributed by atoms with Crippen molar-refractivity contribution < 1.29 is 23.9 Å². The SMILES string of the molecule is COc1ccc(NC(=O)COC(=O)CC(NC(C)=O)c2ccc(Cl)cc2)cc1. The molecule has 0 heterocycles. The van der Waals surface area contributed by atoms with E-state index in [-0.39, 0.29) is 12.3 Å². The van der Waals surface area contributed by atoms with Gasteiger partial charge in [-0.15, -0.1) is 0 Å². The molecule has 8 heteroatoms. The Hall–Kier alpha value is -3.06. The molecule has 0 saturated heterocycles. The zero-order valence-electron chi connectivity index (χ0n) is 15.5. The third-order valence-electron chi connectivity index (χ3n) is 3.76. The number of hydrogen-bond acceptors (Lipinski definition) is 5. The van der Waals surface area contributed by atoms with E-state index in [0.29, 0.717) is 22.0 Å². The first-order chi connectivity index (χ1) is 13.4. The van der Waals surface area contributed by atoms with Crippen LogP contribution in [-0.4, -0.2) is 31.5 Å². The Morgan fingerprint density at radius 1 is 1.04 bits per heavy atom. The zero-order valence-corrected chi connectivity index (χ0v) is 16.3. The Morgan fingerprint density at radius 2 is 1.68 bits per heavy atom. The van der Waals surface area contributed by atoms with Crippen molar-refractivity contribution >= 4 is 35.1 Å². The van der Waals surface area contributed by atoms with Gasteiger partial charge in [0.2, 0.25) is 5.91 Å². The van der Waals surface area contributed by atoms with E-state index in [1.54, 1.807) is 55.6 Å². The fourth-order valence-electron chi connectivity index (χ4n) is 2.44. The summed E-state index contributed by atoms with van der Waals surface area (Å²) in [6.07, 6.45) is -0.114. The van der Waals surface area contributed by atoms with Gasteiger partial charge in [-0.3, -0.25) is 14.4 Å². The van der Waals surface area contributed by atoms with E-state index in [9.17, 15) is 14.4 Å². The Balaban J connectivity index is 1.88. The zero-order chi connectivity index (χ0) is 20.5. The average molecular weight is 405 g/mol. The molecule has 148 valence electrons. The molecule has 2 N–H and O–H groups in total. The lowest BCUT2D eigenvalue weighted by molar-refractivity contribution is -0.148. The van der Waals surface area contributed by atoms with Crippen LogP contribution in [0.4, 0.5) is 5.69 Å². The Kier molecular flexibility index (Phi) is 7.83. The summed E-state index contributed by atoms with van der Waals surface area (Å²) in [4.78, 5) is 35.5. The largest absolute Gasteiger partial charge is 0.497 e. The van der Waals surface area contributed by atoms with Crippen LogP contribution in [0.15, 0.2) is 48.5 Å². The molecule has 0 aliphatic heterocycles. The highest BCUT2D eigenvalue weighted by Crippen LogP contribution is 2.20. The van der Waals surface area contributed by atoms with Crippen LogP contribution in [0.2, 0.25) is 5.02 Å². The Morgan fingerprint density at radius 3 is 2.25 bits per heavy atom. The molecule has 0 fully saturated rings. The summed E-state index contributed by atoms with van der Waals surface area (Å²) in [5, 5.41) is 5.85. The van der Waals surface area contributed by atoms with E-state index >= 15 is 0 Å². The number of carbonyl (C=O) groups excluding carboxylic acids is 3. The molecule has 0 radical (unpaired) electrons. The first-order valence-corrected chi connectivity index (χ1v) is 8.87. The normalized spacial score (nSPS) is 11.2. The number of methoxy groups -OCH3 is 1. The summed E-state index contributed by atoms with van der Waals surface area (Å²) in [5.74, 6) is -0.708. The van der Waals surface area contributed by atoms with Gasteiger partial charge in [-0.05, 0) is 42.0 Å². The molecule has 0 saturated carbocycles. The molecule has 2 aromatic rings. The lowest BCUT2D eigenvalue weighted by atomic mass is 10.0. The maximum Gasteiger partial charge on any atom is 0.308 e. The third kappa shape index (κ3) is 6.92. The lowest BCUT2D eigenvalue weighted by Crippen LogP contribution is -2.29. The molecule has 0 bridgehead atoms. The smallest absolute Gasteiger partial charge is 0.308 e. The van der Waals surface area contributed by atoms with Gasteiger partial charge >= 0.3 is 5.97 Å². The van der Waals surface area contributed by atoms with E-state index in [1.807, 2.05) is 0 Å². The van der Waals surface area contributed by atoms with Gasteiger partial charge in [-0.1, -0.05) is 23.7 Å². The highest BCUT2D eigenvalue weighted by molar-refractivity contribution is 6.30. The number of rotatable bonds is 8. The monoisotopic (exact) mass is 404 g/mol. The highest BCUT2D eigenvalue weighted by atomic mass is 35.5. The minimum absolute atomic E-state index is 0.114. The van der Waals surface area contributed by atoms with Crippen LogP contribution in [0.3, 0.4) is 0 Å². The summed E-state index contributed by atoms with van der Waals surface area (Å²) in [5.41, 5.74) is 1.26. The maximum absolute atomic E-state index is 12.1. The van der Waals surface area contributed by atoms with Crippen molar-refractivity contribution in [2.24, 2.45) is 0 Å². The second-order valence-corrected chi connectivity index (χ2v) is 6.38. The Bertz CT molecular complexity index is 821. The van der Waals surface area contributed by atoms with Crippen molar-refractivity contribution in [2.75, 3.05) is 19.0 Å². The maximum atomic E-state index is 12.1. The predicted octanol–water partition coefficient (Wildman–Crippen LogP) is 3.10. The Labute approximate surface area is 168 Å². The molecule has 2 aromatic carbocycles. The van der Waals surface area contributed by atoms with E-state index in [0.717, 1.165) is 0 Å². The molecule has 2 rings (SSSR count).